The topological polar surface area (TPSA) is 71.9 Å². The smallest absolute Gasteiger partial charge is 0.240 e. The lowest BCUT2D eigenvalue weighted by molar-refractivity contribution is -0.122. The van der Waals surface area contributed by atoms with Crippen LogP contribution >= 0.6 is 12.2 Å². The van der Waals surface area contributed by atoms with Crippen molar-refractivity contribution >= 4 is 18.1 Å². The van der Waals surface area contributed by atoms with Gasteiger partial charge in [-0.1, -0.05) is 6.92 Å². The zero-order chi connectivity index (χ0) is 14.1. The molecule has 1 aromatic rings. The molecule has 1 aromatic heterocycles. The predicted octanol–water partition coefficient (Wildman–Crippen LogP) is 1.33. The van der Waals surface area contributed by atoms with Gasteiger partial charge in [0.15, 0.2) is 4.77 Å². The number of nitrogens with one attached hydrogen (secondary N) is 2. The van der Waals surface area contributed by atoms with Crippen LogP contribution in [0.25, 0.3) is 0 Å². The fourth-order valence-electron chi connectivity index (χ4n) is 3.11. The fraction of sp³-hybridized carbons (Fsp3) is 0.769. The first-order chi connectivity index (χ1) is 9.67. The summed E-state index contributed by atoms with van der Waals surface area (Å²) in [5.74, 6) is 0.831. The molecule has 0 saturated carbocycles. The van der Waals surface area contributed by atoms with Gasteiger partial charge in [-0.05, 0) is 37.9 Å². The molecule has 6 nitrogen and oxygen atoms in total. The van der Waals surface area contributed by atoms with Crippen LogP contribution in [-0.2, 0) is 22.5 Å². The average Bonchev–Trinajstić information content (AvgIpc) is 3.10. The van der Waals surface area contributed by atoms with Gasteiger partial charge in [-0.15, -0.1) is 0 Å². The number of aromatic amines is 1. The zero-order valence-electron chi connectivity index (χ0n) is 11.6. The first-order valence-corrected chi connectivity index (χ1v) is 7.67. The van der Waals surface area contributed by atoms with Crippen LogP contribution in [0.2, 0.25) is 0 Å². The normalized spacial score (nSPS) is 27.9. The molecular formula is C13H20N4O2S. The van der Waals surface area contributed by atoms with Gasteiger partial charge in [0.05, 0.1) is 18.2 Å². The molecule has 0 aliphatic carbocycles. The van der Waals surface area contributed by atoms with Gasteiger partial charge in [0.1, 0.15) is 12.4 Å². The second kappa shape index (κ2) is 5.65. The van der Waals surface area contributed by atoms with Crippen molar-refractivity contribution in [3.63, 3.8) is 0 Å². The summed E-state index contributed by atoms with van der Waals surface area (Å²) in [6.07, 6.45) is 5.47. The second-order valence-corrected chi connectivity index (χ2v) is 5.95. The van der Waals surface area contributed by atoms with E-state index in [0.29, 0.717) is 10.9 Å². The Morgan fingerprint density at radius 1 is 1.60 bits per heavy atom. The van der Waals surface area contributed by atoms with E-state index in [0.717, 1.165) is 37.9 Å². The molecule has 3 atom stereocenters. The van der Waals surface area contributed by atoms with Crippen LogP contribution in [0.4, 0.5) is 0 Å². The third-order valence-corrected chi connectivity index (χ3v) is 4.38. The number of aryl methyl sites for hydroxylation is 1. The van der Waals surface area contributed by atoms with Gasteiger partial charge in [-0.2, -0.15) is 5.10 Å². The molecule has 0 unspecified atom stereocenters. The Kier molecular flexibility index (Phi) is 3.89. The fourth-order valence-corrected chi connectivity index (χ4v) is 3.33. The van der Waals surface area contributed by atoms with E-state index < -0.39 is 0 Å². The molecule has 2 N–H and O–H groups in total. The van der Waals surface area contributed by atoms with Gasteiger partial charge in [-0.3, -0.25) is 14.5 Å². The van der Waals surface area contributed by atoms with Crippen molar-refractivity contribution in [3.05, 3.63) is 10.6 Å². The number of H-pyrrole nitrogens is 1. The monoisotopic (exact) mass is 296 g/mol. The summed E-state index contributed by atoms with van der Waals surface area (Å²) in [4.78, 5) is 12.2. The van der Waals surface area contributed by atoms with Crippen molar-refractivity contribution in [2.75, 3.05) is 0 Å². The summed E-state index contributed by atoms with van der Waals surface area (Å²) in [5, 5.41) is 10.0. The van der Waals surface area contributed by atoms with Crippen LogP contribution in [0.3, 0.4) is 0 Å². The average molecular weight is 296 g/mol. The van der Waals surface area contributed by atoms with Crippen molar-refractivity contribution in [2.45, 2.75) is 63.8 Å². The van der Waals surface area contributed by atoms with E-state index >= 15 is 0 Å². The number of nitrogens with zero attached hydrogens (tertiary/aromatic N) is 2. The lowest BCUT2D eigenvalue weighted by Gasteiger charge is -2.20. The second-order valence-electron chi connectivity index (χ2n) is 5.56. The quantitative estimate of drug-likeness (QED) is 0.804. The summed E-state index contributed by atoms with van der Waals surface area (Å²) >= 11 is 5.18. The Morgan fingerprint density at radius 2 is 2.45 bits per heavy atom. The number of hydrogen-bond donors (Lipinski definition) is 2. The molecule has 2 aliphatic rings. The van der Waals surface area contributed by atoms with Crippen molar-refractivity contribution in [3.8, 4) is 0 Å². The minimum atomic E-state index is -0.0130. The summed E-state index contributed by atoms with van der Waals surface area (Å²) in [5.41, 5.74) is 0. The third kappa shape index (κ3) is 2.64. The van der Waals surface area contributed by atoms with E-state index in [9.17, 15) is 4.79 Å². The van der Waals surface area contributed by atoms with Crippen molar-refractivity contribution in [2.24, 2.45) is 0 Å². The molecule has 2 saturated heterocycles. The molecule has 0 radical (unpaired) electrons. The number of carbonyl (C=O) groups is 1. The molecule has 1 amide bonds. The minimum absolute atomic E-state index is 0.0130. The summed E-state index contributed by atoms with van der Waals surface area (Å²) < 4.78 is 8.03. The van der Waals surface area contributed by atoms with Gasteiger partial charge in [-0.25, -0.2) is 0 Å². The SMILES string of the molecule is CCCc1n[nH]c(=S)n1CC(=O)N[C@H]1C[C@H]2CC[C@H]1O2. The van der Waals surface area contributed by atoms with Crippen molar-refractivity contribution < 1.29 is 9.53 Å². The van der Waals surface area contributed by atoms with Gasteiger partial charge in [0.25, 0.3) is 0 Å². The van der Waals surface area contributed by atoms with E-state index in [2.05, 4.69) is 22.4 Å². The maximum Gasteiger partial charge on any atom is 0.240 e. The maximum atomic E-state index is 12.2. The standard InChI is InChI=1S/C13H20N4O2S/c1-2-3-11-15-16-13(20)17(11)7-12(18)14-9-6-8-4-5-10(9)19-8/h8-10H,2-7H2,1H3,(H,14,18)(H,16,20)/t8-,9+,10-/m1/s1. The van der Waals surface area contributed by atoms with Crippen molar-refractivity contribution in [1.82, 2.24) is 20.1 Å². The van der Waals surface area contributed by atoms with Crippen LogP contribution in [0.15, 0.2) is 0 Å². The van der Waals surface area contributed by atoms with Crippen LogP contribution in [0.1, 0.15) is 38.4 Å². The molecule has 0 spiro atoms. The summed E-state index contributed by atoms with van der Waals surface area (Å²) in [6.45, 7) is 2.31. The van der Waals surface area contributed by atoms with Gasteiger partial charge < -0.3 is 10.1 Å². The molecule has 3 rings (SSSR count). The molecule has 0 aromatic carbocycles. The molecule has 2 fully saturated rings. The lowest BCUT2D eigenvalue weighted by Crippen LogP contribution is -2.42. The third-order valence-electron chi connectivity index (χ3n) is 4.07. The molecule has 7 heteroatoms. The molecule has 2 bridgehead atoms. The first kappa shape index (κ1) is 13.8. The minimum Gasteiger partial charge on any atom is -0.373 e. The molecule has 20 heavy (non-hydrogen) atoms. The number of hydrogen-bond acceptors (Lipinski definition) is 4. The number of ether oxygens (including phenoxy) is 1. The first-order valence-electron chi connectivity index (χ1n) is 7.26. The van der Waals surface area contributed by atoms with E-state index in [4.69, 9.17) is 17.0 Å². The lowest BCUT2D eigenvalue weighted by atomic mass is 9.95. The highest BCUT2D eigenvalue weighted by Crippen LogP contribution is 2.34. The number of rotatable bonds is 5. The largest absolute Gasteiger partial charge is 0.373 e. The van der Waals surface area contributed by atoms with Crippen LogP contribution in [-0.4, -0.2) is 38.9 Å². The van der Waals surface area contributed by atoms with E-state index in [1.54, 1.807) is 4.57 Å². The number of carbonyl (C=O) groups excluding carboxylic acids is 1. The predicted molar refractivity (Wildman–Crippen MR) is 75.8 cm³/mol. The van der Waals surface area contributed by atoms with Gasteiger partial charge in [0, 0.05) is 6.42 Å². The van der Waals surface area contributed by atoms with Gasteiger partial charge >= 0.3 is 0 Å². The molecular weight excluding hydrogens is 276 g/mol. The molecule has 3 heterocycles. The summed E-state index contributed by atoms with van der Waals surface area (Å²) in [7, 11) is 0. The molecule has 110 valence electrons. The number of aromatic nitrogens is 3. The number of fused-ring (bicyclic) bond motifs is 2. The summed E-state index contributed by atoms with van der Waals surface area (Å²) in [6, 6.07) is 0.164. The van der Waals surface area contributed by atoms with Crippen molar-refractivity contribution in [1.29, 1.82) is 0 Å². The van der Waals surface area contributed by atoms with Gasteiger partial charge in [0.2, 0.25) is 5.91 Å². The highest BCUT2D eigenvalue weighted by atomic mass is 32.1. The highest BCUT2D eigenvalue weighted by Gasteiger charge is 2.41. The Balaban J connectivity index is 1.61. The Labute approximate surface area is 122 Å². The molecule has 2 aliphatic heterocycles. The Hall–Kier alpha value is -1.21. The van der Waals surface area contributed by atoms with Crippen LogP contribution in [0.5, 0.6) is 0 Å². The van der Waals surface area contributed by atoms with E-state index in [-0.39, 0.29) is 24.6 Å². The van der Waals surface area contributed by atoms with E-state index in [1.807, 2.05) is 0 Å². The Morgan fingerprint density at radius 3 is 3.10 bits per heavy atom. The maximum absolute atomic E-state index is 12.2. The van der Waals surface area contributed by atoms with E-state index in [1.165, 1.54) is 0 Å². The zero-order valence-corrected chi connectivity index (χ0v) is 12.4. The number of amides is 1. The van der Waals surface area contributed by atoms with Crippen LogP contribution < -0.4 is 5.32 Å². The highest BCUT2D eigenvalue weighted by molar-refractivity contribution is 7.71. The Bertz CT molecular complexity index is 553. The van der Waals surface area contributed by atoms with Crippen LogP contribution in [0, 0.1) is 4.77 Å².